The Balaban J connectivity index is 2.68. The second kappa shape index (κ2) is 2.14. The summed E-state index contributed by atoms with van der Waals surface area (Å²) in [5.41, 5.74) is 0.290. The van der Waals surface area contributed by atoms with Gasteiger partial charge in [-0.05, 0) is 27.3 Å². The van der Waals surface area contributed by atoms with Crippen molar-refractivity contribution in [3.63, 3.8) is 0 Å². The lowest BCUT2D eigenvalue weighted by Gasteiger charge is -2.35. The summed E-state index contributed by atoms with van der Waals surface area (Å²) in [5.74, 6) is 0. The first-order chi connectivity index (χ1) is 4.13. The van der Waals surface area contributed by atoms with E-state index in [-0.39, 0.29) is 5.54 Å². The molecular formula is C8H15N. The second-order valence-corrected chi connectivity index (χ2v) is 3.27. The molecule has 1 aliphatic rings. The van der Waals surface area contributed by atoms with Crippen molar-refractivity contribution in [2.24, 2.45) is 0 Å². The van der Waals surface area contributed by atoms with E-state index in [9.17, 15) is 0 Å². The Morgan fingerprint density at radius 1 is 1.44 bits per heavy atom. The van der Waals surface area contributed by atoms with Crippen LogP contribution in [0.4, 0.5) is 0 Å². The molecule has 0 fully saturated rings. The third-order valence-corrected chi connectivity index (χ3v) is 2.14. The van der Waals surface area contributed by atoms with Crippen LogP contribution in [-0.4, -0.2) is 24.0 Å². The van der Waals surface area contributed by atoms with Gasteiger partial charge < -0.3 is 0 Å². The van der Waals surface area contributed by atoms with Crippen molar-refractivity contribution >= 4 is 0 Å². The van der Waals surface area contributed by atoms with Crippen LogP contribution in [-0.2, 0) is 0 Å². The zero-order chi connectivity index (χ0) is 6.91. The van der Waals surface area contributed by atoms with Crippen LogP contribution < -0.4 is 0 Å². The summed E-state index contributed by atoms with van der Waals surface area (Å²) in [7, 11) is 2.17. The molecule has 0 aromatic carbocycles. The zero-order valence-electron chi connectivity index (χ0n) is 6.52. The van der Waals surface area contributed by atoms with E-state index in [1.807, 2.05) is 0 Å². The van der Waals surface area contributed by atoms with Crippen molar-refractivity contribution in [2.75, 3.05) is 13.6 Å². The number of nitrogens with zero attached hydrogens (tertiary/aromatic N) is 1. The highest BCUT2D eigenvalue weighted by molar-refractivity contribution is 5.05. The lowest BCUT2D eigenvalue weighted by atomic mass is 9.99. The van der Waals surface area contributed by atoms with Crippen LogP contribution >= 0.6 is 0 Å². The average molecular weight is 125 g/mol. The second-order valence-electron chi connectivity index (χ2n) is 3.27. The van der Waals surface area contributed by atoms with Crippen LogP contribution in [0, 0.1) is 0 Å². The van der Waals surface area contributed by atoms with Crippen LogP contribution in [0.1, 0.15) is 20.3 Å². The standard InChI is InChI=1S/C8H15N/c1-8(2)6-4-5-7-9(8)3/h4,6H,5,7H2,1-3H3. The van der Waals surface area contributed by atoms with E-state index in [1.54, 1.807) is 0 Å². The fourth-order valence-electron chi connectivity index (χ4n) is 1.06. The summed E-state index contributed by atoms with van der Waals surface area (Å²) < 4.78 is 0. The first-order valence-corrected chi connectivity index (χ1v) is 3.52. The minimum absolute atomic E-state index is 0.290. The van der Waals surface area contributed by atoms with Gasteiger partial charge in [0.15, 0.2) is 0 Å². The number of likely N-dealkylation sites (N-methyl/N-ethyl adjacent to an activating group) is 1. The lowest BCUT2D eigenvalue weighted by Crippen LogP contribution is -2.41. The van der Waals surface area contributed by atoms with Gasteiger partial charge in [0.2, 0.25) is 0 Å². The van der Waals surface area contributed by atoms with Gasteiger partial charge in [0.05, 0.1) is 0 Å². The smallest absolute Gasteiger partial charge is 0.0332 e. The van der Waals surface area contributed by atoms with Crippen LogP contribution in [0.15, 0.2) is 12.2 Å². The van der Waals surface area contributed by atoms with Gasteiger partial charge in [-0.3, -0.25) is 4.90 Å². The Morgan fingerprint density at radius 2 is 2.11 bits per heavy atom. The SMILES string of the molecule is CN1CCC=CC1(C)C. The van der Waals surface area contributed by atoms with Gasteiger partial charge in [0.25, 0.3) is 0 Å². The molecule has 0 N–H and O–H groups in total. The highest BCUT2D eigenvalue weighted by atomic mass is 15.2. The number of rotatable bonds is 0. The fourth-order valence-corrected chi connectivity index (χ4v) is 1.06. The highest BCUT2D eigenvalue weighted by Gasteiger charge is 2.21. The molecule has 1 nitrogen and oxygen atoms in total. The zero-order valence-corrected chi connectivity index (χ0v) is 6.52. The number of hydrogen-bond donors (Lipinski definition) is 0. The molecule has 0 amide bonds. The third kappa shape index (κ3) is 1.33. The van der Waals surface area contributed by atoms with Crippen molar-refractivity contribution in [1.29, 1.82) is 0 Å². The van der Waals surface area contributed by atoms with Crippen molar-refractivity contribution in [2.45, 2.75) is 25.8 Å². The predicted octanol–water partition coefficient (Wildman–Crippen LogP) is 1.66. The molecule has 0 unspecified atom stereocenters. The largest absolute Gasteiger partial charge is 0.297 e. The Hall–Kier alpha value is -0.300. The summed E-state index contributed by atoms with van der Waals surface area (Å²) >= 11 is 0. The maximum absolute atomic E-state index is 2.37. The van der Waals surface area contributed by atoms with Gasteiger partial charge in [-0.2, -0.15) is 0 Å². The number of hydrogen-bond acceptors (Lipinski definition) is 1. The molecular weight excluding hydrogens is 110 g/mol. The van der Waals surface area contributed by atoms with Gasteiger partial charge in [-0.15, -0.1) is 0 Å². The van der Waals surface area contributed by atoms with Crippen LogP contribution in [0.5, 0.6) is 0 Å². The Bertz CT molecular complexity index is 125. The molecule has 52 valence electrons. The molecule has 0 bridgehead atoms. The first-order valence-electron chi connectivity index (χ1n) is 3.52. The van der Waals surface area contributed by atoms with Crippen molar-refractivity contribution in [3.8, 4) is 0 Å². The van der Waals surface area contributed by atoms with Crippen molar-refractivity contribution in [3.05, 3.63) is 12.2 Å². The van der Waals surface area contributed by atoms with E-state index in [0.29, 0.717) is 0 Å². The molecule has 1 aliphatic heterocycles. The molecule has 0 radical (unpaired) electrons. The first kappa shape index (κ1) is 6.81. The lowest BCUT2D eigenvalue weighted by molar-refractivity contribution is 0.197. The van der Waals surface area contributed by atoms with Crippen LogP contribution in [0.3, 0.4) is 0 Å². The minimum atomic E-state index is 0.290. The molecule has 9 heavy (non-hydrogen) atoms. The molecule has 0 spiro atoms. The Kier molecular flexibility index (Phi) is 1.62. The maximum Gasteiger partial charge on any atom is 0.0332 e. The van der Waals surface area contributed by atoms with Crippen molar-refractivity contribution < 1.29 is 0 Å². The summed E-state index contributed by atoms with van der Waals surface area (Å²) in [4.78, 5) is 2.37. The van der Waals surface area contributed by atoms with Gasteiger partial charge in [0.1, 0.15) is 0 Å². The van der Waals surface area contributed by atoms with Gasteiger partial charge >= 0.3 is 0 Å². The predicted molar refractivity (Wildman–Crippen MR) is 40.5 cm³/mol. The van der Waals surface area contributed by atoms with Crippen LogP contribution in [0.25, 0.3) is 0 Å². The van der Waals surface area contributed by atoms with E-state index in [0.717, 1.165) is 0 Å². The van der Waals surface area contributed by atoms with Gasteiger partial charge in [0, 0.05) is 12.1 Å². The topological polar surface area (TPSA) is 3.24 Å². The van der Waals surface area contributed by atoms with E-state index < -0.39 is 0 Å². The van der Waals surface area contributed by atoms with Gasteiger partial charge in [-0.1, -0.05) is 12.2 Å². The average Bonchev–Trinajstić information content (AvgIpc) is 1.77. The van der Waals surface area contributed by atoms with Gasteiger partial charge in [-0.25, -0.2) is 0 Å². The Morgan fingerprint density at radius 3 is 2.44 bits per heavy atom. The monoisotopic (exact) mass is 125 g/mol. The quantitative estimate of drug-likeness (QED) is 0.445. The molecule has 0 aliphatic carbocycles. The van der Waals surface area contributed by atoms with E-state index in [1.165, 1.54) is 13.0 Å². The molecule has 0 aromatic rings. The molecule has 0 atom stereocenters. The van der Waals surface area contributed by atoms with E-state index in [4.69, 9.17) is 0 Å². The maximum atomic E-state index is 2.37. The molecule has 0 saturated carbocycles. The summed E-state index contributed by atoms with van der Waals surface area (Å²) in [6, 6.07) is 0. The molecule has 1 rings (SSSR count). The van der Waals surface area contributed by atoms with Crippen LogP contribution in [0.2, 0.25) is 0 Å². The summed E-state index contributed by atoms with van der Waals surface area (Å²) in [6.07, 6.45) is 5.75. The molecule has 0 aromatic heterocycles. The minimum Gasteiger partial charge on any atom is -0.297 e. The summed E-state index contributed by atoms with van der Waals surface area (Å²) in [6.45, 7) is 5.68. The molecule has 0 saturated heterocycles. The fraction of sp³-hybridized carbons (Fsp3) is 0.750. The molecule has 1 heterocycles. The molecule has 1 heteroatoms. The third-order valence-electron chi connectivity index (χ3n) is 2.14. The highest BCUT2D eigenvalue weighted by Crippen LogP contribution is 2.18. The summed E-state index contributed by atoms with van der Waals surface area (Å²) in [5, 5.41) is 0. The van der Waals surface area contributed by atoms with Crippen molar-refractivity contribution in [1.82, 2.24) is 4.90 Å². The normalized spacial score (nSPS) is 26.6. The van der Waals surface area contributed by atoms with E-state index in [2.05, 4.69) is 37.9 Å². The van der Waals surface area contributed by atoms with E-state index >= 15 is 0 Å². The Labute approximate surface area is 57.4 Å².